The molecule has 102 valence electrons. The van der Waals surface area contributed by atoms with E-state index in [1.165, 1.54) is 6.92 Å². The van der Waals surface area contributed by atoms with E-state index in [0.29, 0.717) is 17.9 Å². The molecule has 0 saturated heterocycles. The van der Waals surface area contributed by atoms with Gasteiger partial charge in [0.05, 0.1) is 11.4 Å². The second-order valence-electron chi connectivity index (χ2n) is 4.44. The zero-order valence-corrected chi connectivity index (χ0v) is 11.3. The largest absolute Gasteiger partial charge is 0.343 e. The zero-order valence-electron chi connectivity index (χ0n) is 11.3. The van der Waals surface area contributed by atoms with Gasteiger partial charge in [-0.05, 0) is 18.1 Å². The normalized spacial score (nSPS) is 11.6. The SMILES string of the molecule is CC(=O)N1CCc2cccc(NC(C#N)=C(C#N)C#N)c21. The molecule has 0 spiro atoms. The molecule has 1 aromatic rings. The number of allylic oxidation sites excluding steroid dienone is 2. The number of nitrogens with zero attached hydrogens (tertiary/aromatic N) is 4. The molecule has 1 aromatic carbocycles. The lowest BCUT2D eigenvalue weighted by molar-refractivity contribution is -0.116. The maximum Gasteiger partial charge on any atom is 0.223 e. The van der Waals surface area contributed by atoms with Gasteiger partial charge in [-0.3, -0.25) is 4.79 Å². The van der Waals surface area contributed by atoms with Gasteiger partial charge in [0, 0.05) is 13.5 Å². The molecule has 1 N–H and O–H groups in total. The Labute approximate surface area is 122 Å². The molecule has 0 saturated carbocycles. The lowest BCUT2D eigenvalue weighted by Gasteiger charge is -2.19. The maximum absolute atomic E-state index is 11.7. The highest BCUT2D eigenvalue weighted by molar-refractivity contribution is 5.98. The number of para-hydroxylation sites is 1. The second-order valence-corrected chi connectivity index (χ2v) is 4.44. The third kappa shape index (κ3) is 2.54. The average molecular weight is 277 g/mol. The Balaban J connectivity index is 2.50. The second kappa shape index (κ2) is 5.77. The van der Waals surface area contributed by atoms with E-state index in [1.807, 2.05) is 12.1 Å². The van der Waals surface area contributed by atoms with Crippen molar-refractivity contribution in [2.45, 2.75) is 13.3 Å². The fraction of sp³-hybridized carbons (Fsp3) is 0.200. The molecule has 1 amide bonds. The molecule has 0 fully saturated rings. The van der Waals surface area contributed by atoms with Gasteiger partial charge in [0.25, 0.3) is 0 Å². The van der Waals surface area contributed by atoms with Crippen LogP contribution >= 0.6 is 0 Å². The fourth-order valence-corrected chi connectivity index (χ4v) is 2.29. The van der Waals surface area contributed by atoms with Gasteiger partial charge in [0.15, 0.2) is 5.57 Å². The van der Waals surface area contributed by atoms with Gasteiger partial charge in [0.1, 0.15) is 23.9 Å². The molecule has 2 rings (SSSR count). The number of amides is 1. The Morgan fingerprint density at radius 3 is 2.52 bits per heavy atom. The number of nitrogens with one attached hydrogen (secondary N) is 1. The number of rotatable bonds is 2. The van der Waals surface area contributed by atoms with Gasteiger partial charge in [-0.15, -0.1) is 0 Å². The highest BCUT2D eigenvalue weighted by Crippen LogP contribution is 2.36. The van der Waals surface area contributed by atoms with Crippen LogP contribution in [0.25, 0.3) is 0 Å². The van der Waals surface area contributed by atoms with E-state index in [9.17, 15) is 4.79 Å². The molecule has 0 aromatic heterocycles. The number of fused-ring (bicyclic) bond motifs is 1. The first-order chi connectivity index (χ1) is 10.1. The molecule has 0 radical (unpaired) electrons. The lowest BCUT2D eigenvalue weighted by Crippen LogP contribution is -2.26. The number of benzene rings is 1. The first-order valence-corrected chi connectivity index (χ1v) is 6.24. The van der Waals surface area contributed by atoms with Crippen molar-refractivity contribution in [2.24, 2.45) is 0 Å². The summed E-state index contributed by atoms with van der Waals surface area (Å²) in [6, 6.07) is 10.6. The van der Waals surface area contributed by atoms with Crippen molar-refractivity contribution in [3.05, 3.63) is 35.0 Å². The van der Waals surface area contributed by atoms with Crippen LogP contribution in [0.3, 0.4) is 0 Å². The van der Waals surface area contributed by atoms with E-state index in [-0.39, 0.29) is 17.2 Å². The molecule has 0 bridgehead atoms. The van der Waals surface area contributed by atoms with E-state index < -0.39 is 0 Å². The van der Waals surface area contributed by atoms with Gasteiger partial charge >= 0.3 is 0 Å². The maximum atomic E-state index is 11.7. The minimum atomic E-state index is -0.289. The topological polar surface area (TPSA) is 104 Å². The van der Waals surface area contributed by atoms with E-state index in [0.717, 1.165) is 12.0 Å². The van der Waals surface area contributed by atoms with Crippen LogP contribution in [0, 0.1) is 34.0 Å². The predicted octanol–water partition coefficient (Wildman–Crippen LogP) is 1.83. The molecule has 1 aliphatic heterocycles. The van der Waals surface area contributed by atoms with Crippen molar-refractivity contribution in [2.75, 3.05) is 16.8 Å². The Kier molecular flexibility index (Phi) is 3.88. The van der Waals surface area contributed by atoms with Crippen LogP contribution < -0.4 is 10.2 Å². The van der Waals surface area contributed by atoms with E-state index in [4.69, 9.17) is 15.8 Å². The van der Waals surface area contributed by atoms with Crippen LogP contribution in [0.1, 0.15) is 12.5 Å². The van der Waals surface area contributed by atoms with Crippen LogP contribution in [-0.4, -0.2) is 12.5 Å². The predicted molar refractivity (Wildman–Crippen MR) is 75.7 cm³/mol. The minimum absolute atomic E-state index is 0.0914. The fourth-order valence-electron chi connectivity index (χ4n) is 2.29. The zero-order chi connectivity index (χ0) is 15.4. The van der Waals surface area contributed by atoms with Gasteiger partial charge in [-0.2, -0.15) is 15.8 Å². The average Bonchev–Trinajstić information content (AvgIpc) is 2.92. The number of nitriles is 3. The summed E-state index contributed by atoms with van der Waals surface area (Å²) in [4.78, 5) is 13.3. The molecular formula is C15H11N5O. The quantitative estimate of drug-likeness (QED) is 0.830. The smallest absolute Gasteiger partial charge is 0.223 e. The summed E-state index contributed by atoms with van der Waals surface area (Å²) in [5.74, 6) is -0.0914. The summed E-state index contributed by atoms with van der Waals surface area (Å²) in [5, 5.41) is 29.6. The third-order valence-corrected chi connectivity index (χ3v) is 3.22. The van der Waals surface area contributed by atoms with Crippen molar-refractivity contribution >= 4 is 17.3 Å². The summed E-state index contributed by atoms with van der Waals surface area (Å²) in [7, 11) is 0. The monoisotopic (exact) mass is 277 g/mol. The van der Waals surface area contributed by atoms with Crippen LogP contribution in [0.15, 0.2) is 29.5 Å². The van der Waals surface area contributed by atoms with Gasteiger partial charge in [-0.25, -0.2) is 0 Å². The van der Waals surface area contributed by atoms with Crippen molar-refractivity contribution in [3.63, 3.8) is 0 Å². The van der Waals surface area contributed by atoms with Crippen molar-refractivity contribution in [1.29, 1.82) is 15.8 Å². The van der Waals surface area contributed by atoms with Crippen LogP contribution in [0.5, 0.6) is 0 Å². The molecule has 0 atom stereocenters. The molecule has 1 heterocycles. The molecule has 6 heteroatoms. The number of carbonyl (C=O) groups is 1. The highest BCUT2D eigenvalue weighted by Gasteiger charge is 2.25. The van der Waals surface area contributed by atoms with E-state index in [1.54, 1.807) is 29.2 Å². The first-order valence-electron chi connectivity index (χ1n) is 6.24. The summed E-state index contributed by atoms with van der Waals surface area (Å²) >= 11 is 0. The summed E-state index contributed by atoms with van der Waals surface area (Å²) in [5.41, 5.74) is 1.82. The molecule has 0 unspecified atom stereocenters. The minimum Gasteiger partial charge on any atom is -0.343 e. The van der Waals surface area contributed by atoms with E-state index >= 15 is 0 Å². The van der Waals surface area contributed by atoms with Crippen molar-refractivity contribution < 1.29 is 4.79 Å². The Bertz CT molecular complexity index is 742. The third-order valence-electron chi connectivity index (χ3n) is 3.22. The van der Waals surface area contributed by atoms with Crippen LogP contribution in [0.2, 0.25) is 0 Å². The molecule has 0 aliphatic carbocycles. The van der Waals surface area contributed by atoms with Gasteiger partial charge in [0.2, 0.25) is 5.91 Å². The number of carbonyl (C=O) groups excluding carboxylic acids is 1. The van der Waals surface area contributed by atoms with Crippen LogP contribution in [0.4, 0.5) is 11.4 Å². The van der Waals surface area contributed by atoms with Crippen molar-refractivity contribution in [1.82, 2.24) is 0 Å². The molecule has 6 nitrogen and oxygen atoms in total. The Morgan fingerprint density at radius 1 is 1.24 bits per heavy atom. The molecular weight excluding hydrogens is 266 g/mol. The highest BCUT2D eigenvalue weighted by atomic mass is 16.2. The lowest BCUT2D eigenvalue weighted by atomic mass is 10.1. The van der Waals surface area contributed by atoms with Crippen molar-refractivity contribution in [3.8, 4) is 18.2 Å². The van der Waals surface area contributed by atoms with E-state index in [2.05, 4.69) is 5.32 Å². The molecule has 21 heavy (non-hydrogen) atoms. The van der Waals surface area contributed by atoms with Crippen LogP contribution in [-0.2, 0) is 11.2 Å². The Morgan fingerprint density at radius 2 is 1.95 bits per heavy atom. The number of hydrogen-bond acceptors (Lipinski definition) is 5. The number of hydrogen-bond donors (Lipinski definition) is 1. The summed E-state index contributed by atoms with van der Waals surface area (Å²) in [6.45, 7) is 2.06. The van der Waals surface area contributed by atoms with Gasteiger partial charge in [-0.1, -0.05) is 12.1 Å². The Hall–Kier alpha value is -3.30. The first kappa shape index (κ1) is 14.1. The standard InChI is InChI=1S/C15H11N5O/c1-10(21)20-6-5-11-3-2-4-13(15(11)20)19-14(9-18)12(7-16)8-17/h2-4,19H,5-6H2,1H3. The van der Waals surface area contributed by atoms with Gasteiger partial charge < -0.3 is 10.2 Å². The molecule has 1 aliphatic rings. The summed E-state index contributed by atoms with van der Waals surface area (Å²) in [6.07, 6.45) is 0.736. The summed E-state index contributed by atoms with van der Waals surface area (Å²) < 4.78 is 0. The number of anilines is 2.